The van der Waals surface area contributed by atoms with Crippen molar-refractivity contribution in [3.8, 4) is 0 Å². The fraction of sp³-hybridized carbons (Fsp3) is 0.375. The van der Waals surface area contributed by atoms with Crippen molar-refractivity contribution in [2.45, 2.75) is 43.6 Å². The molecule has 0 spiro atoms. The van der Waals surface area contributed by atoms with Crippen molar-refractivity contribution >= 4 is 33.2 Å². The van der Waals surface area contributed by atoms with Crippen LogP contribution in [0.4, 0.5) is 10.2 Å². The predicted octanol–water partition coefficient (Wildman–Crippen LogP) is 2.35. The van der Waals surface area contributed by atoms with Gasteiger partial charge < -0.3 is 15.2 Å². The van der Waals surface area contributed by atoms with Gasteiger partial charge in [-0.3, -0.25) is 8.98 Å². The van der Waals surface area contributed by atoms with Gasteiger partial charge in [0.2, 0.25) is 5.78 Å². The Morgan fingerprint density at radius 2 is 2.14 bits per heavy atom. The van der Waals surface area contributed by atoms with E-state index in [-0.39, 0.29) is 41.9 Å². The van der Waals surface area contributed by atoms with E-state index in [0.29, 0.717) is 17.9 Å². The minimum absolute atomic E-state index is 0.192. The van der Waals surface area contributed by atoms with Crippen LogP contribution in [0, 0.1) is 5.82 Å². The summed E-state index contributed by atoms with van der Waals surface area (Å²) in [6.45, 7) is 0.497. The van der Waals surface area contributed by atoms with Gasteiger partial charge in [-0.05, 0) is 59.5 Å². The van der Waals surface area contributed by atoms with Gasteiger partial charge in [-0.25, -0.2) is 14.4 Å². The van der Waals surface area contributed by atoms with Crippen LogP contribution in [0.3, 0.4) is 0 Å². The first kappa shape index (κ1) is 25.8. The predicted molar refractivity (Wildman–Crippen MR) is 133 cm³/mol. The number of aliphatic hydroxyl groups is 1. The molecule has 0 bridgehead atoms. The summed E-state index contributed by atoms with van der Waals surface area (Å²) in [5.74, 6) is -0.379. The Morgan fingerprint density at radius 1 is 1.30 bits per heavy atom. The number of hydrogen-bond acceptors (Lipinski definition) is 10. The highest BCUT2D eigenvalue weighted by atomic mass is 32.2. The van der Waals surface area contributed by atoms with Crippen LogP contribution in [0.25, 0.3) is 0 Å². The standard InChI is InChI=1S/C24H25FN4O6S2/c1-26-37(32,33)35-20-9-16(8-19(20)30)29-24-18(10-27-12-28-24)22(31)21-6-14(11-36-21)23-17-7-15(25)3-2-13(17)4-5-34-23/h2-3,6-7,10-12,16,19-20,23,26,30H,4-5,8-9H2,1H3,(H,27,28,29)/t16-,19+,20-,23-/m1/s1. The normalized spacial score (nSPS) is 23.5. The van der Waals surface area contributed by atoms with Gasteiger partial charge >= 0.3 is 10.3 Å². The molecule has 37 heavy (non-hydrogen) atoms. The molecule has 0 amide bonds. The number of ketones is 1. The van der Waals surface area contributed by atoms with E-state index in [9.17, 15) is 22.7 Å². The first-order chi connectivity index (χ1) is 17.7. The molecule has 4 atom stereocenters. The van der Waals surface area contributed by atoms with E-state index in [4.69, 9.17) is 8.92 Å². The van der Waals surface area contributed by atoms with Crippen molar-refractivity contribution in [3.05, 3.63) is 75.1 Å². The number of hydrogen-bond donors (Lipinski definition) is 3. The van der Waals surface area contributed by atoms with Crippen LogP contribution in [-0.4, -0.2) is 61.2 Å². The summed E-state index contributed by atoms with van der Waals surface area (Å²) in [6, 6.07) is 6.03. The van der Waals surface area contributed by atoms with E-state index in [1.165, 1.54) is 43.0 Å². The van der Waals surface area contributed by atoms with Crippen LogP contribution >= 0.6 is 11.3 Å². The van der Waals surface area contributed by atoms with Gasteiger partial charge in [-0.1, -0.05) is 6.07 Å². The Bertz CT molecular complexity index is 1420. The number of aromatic nitrogens is 2. The molecule has 3 heterocycles. The Labute approximate surface area is 217 Å². The van der Waals surface area contributed by atoms with Gasteiger partial charge in [0.1, 0.15) is 30.2 Å². The monoisotopic (exact) mass is 548 g/mol. The summed E-state index contributed by atoms with van der Waals surface area (Å²) < 4.78 is 50.3. The number of carbonyl (C=O) groups excluding carboxylic acids is 1. The van der Waals surface area contributed by atoms with Crippen LogP contribution < -0.4 is 10.0 Å². The number of rotatable bonds is 8. The maximum Gasteiger partial charge on any atom is 0.335 e. The largest absolute Gasteiger partial charge is 0.390 e. The Hall–Kier alpha value is -2.81. The molecule has 2 aliphatic rings. The molecular formula is C24H25FN4O6S2. The molecule has 10 nitrogen and oxygen atoms in total. The Kier molecular flexibility index (Phi) is 7.34. The number of anilines is 1. The van der Waals surface area contributed by atoms with Crippen molar-refractivity contribution in [3.63, 3.8) is 0 Å². The molecule has 2 aromatic heterocycles. The zero-order chi connectivity index (χ0) is 26.2. The summed E-state index contributed by atoms with van der Waals surface area (Å²) in [5, 5.41) is 15.2. The molecule has 196 valence electrons. The van der Waals surface area contributed by atoms with E-state index in [1.807, 2.05) is 5.38 Å². The molecule has 13 heteroatoms. The number of aliphatic hydroxyl groups excluding tert-OH is 1. The molecule has 1 aliphatic heterocycles. The second kappa shape index (κ2) is 10.5. The minimum Gasteiger partial charge on any atom is -0.390 e. The lowest BCUT2D eigenvalue weighted by atomic mass is 9.94. The molecule has 1 aliphatic carbocycles. The van der Waals surface area contributed by atoms with Crippen LogP contribution in [-0.2, 0) is 25.6 Å². The maximum atomic E-state index is 13.9. The molecule has 1 aromatic carbocycles. The van der Waals surface area contributed by atoms with Crippen molar-refractivity contribution in [2.75, 3.05) is 19.0 Å². The quantitative estimate of drug-likeness (QED) is 0.362. The fourth-order valence-electron chi connectivity index (χ4n) is 4.64. The lowest BCUT2D eigenvalue weighted by Gasteiger charge is -2.25. The summed E-state index contributed by atoms with van der Waals surface area (Å²) in [4.78, 5) is 22.1. The second-order valence-corrected chi connectivity index (χ2v) is 11.3. The van der Waals surface area contributed by atoms with Crippen molar-refractivity contribution in [1.82, 2.24) is 14.7 Å². The molecule has 0 radical (unpaired) electrons. The highest BCUT2D eigenvalue weighted by Gasteiger charge is 2.37. The maximum absolute atomic E-state index is 13.9. The lowest BCUT2D eigenvalue weighted by molar-refractivity contribution is 0.0636. The number of nitrogens with zero attached hydrogens (tertiary/aromatic N) is 2. The van der Waals surface area contributed by atoms with E-state index in [1.54, 1.807) is 12.1 Å². The third kappa shape index (κ3) is 5.56. The zero-order valence-corrected chi connectivity index (χ0v) is 21.4. The number of ether oxygens (including phenoxy) is 1. The molecule has 1 saturated carbocycles. The van der Waals surface area contributed by atoms with Gasteiger partial charge in [0, 0.05) is 19.3 Å². The van der Waals surface area contributed by atoms with Crippen LogP contribution in [0.2, 0.25) is 0 Å². The summed E-state index contributed by atoms with van der Waals surface area (Å²) in [6.07, 6.45) is 1.39. The molecule has 0 unspecified atom stereocenters. The number of benzene rings is 1. The topological polar surface area (TPSA) is 140 Å². The summed E-state index contributed by atoms with van der Waals surface area (Å²) >= 11 is 1.25. The Balaban J connectivity index is 1.33. The third-order valence-corrected chi connectivity index (χ3v) is 8.41. The Morgan fingerprint density at radius 3 is 2.95 bits per heavy atom. The fourth-order valence-corrected chi connectivity index (χ4v) is 6.15. The molecule has 3 N–H and O–H groups in total. The van der Waals surface area contributed by atoms with E-state index in [0.717, 1.165) is 16.7 Å². The molecule has 1 fully saturated rings. The van der Waals surface area contributed by atoms with Gasteiger partial charge in [0.15, 0.2) is 0 Å². The average molecular weight is 549 g/mol. The number of thiophene rings is 1. The second-order valence-electron chi connectivity index (χ2n) is 8.88. The SMILES string of the molecule is CNS(=O)(=O)O[C@@H]1C[C@H](Nc2ncncc2C(=O)c2cc([C@H]3OCCc4ccc(F)cc43)cs2)C[C@@H]1O. The average Bonchev–Trinajstić information content (AvgIpc) is 3.50. The molecule has 0 saturated heterocycles. The van der Waals surface area contributed by atoms with Crippen molar-refractivity contribution in [1.29, 1.82) is 0 Å². The number of halogens is 1. The van der Waals surface area contributed by atoms with Gasteiger partial charge in [0.25, 0.3) is 0 Å². The van der Waals surface area contributed by atoms with Gasteiger partial charge in [0.05, 0.1) is 23.2 Å². The lowest BCUT2D eigenvalue weighted by Crippen LogP contribution is -2.31. The van der Waals surface area contributed by atoms with E-state index < -0.39 is 28.6 Å². The number of carbonyl (C=O) groups is 1. The molecule has 3 aromatic rings. The van der Waals surface area contributed by atoms with Crippen LogP contribution in [0.1, 0.15) is 50.9 Å². The highest BCUT2D eigenvalue weighted by molar-refractivity contribution is 7.84. The number of fused-ring (bicyclic) bond motifs is 1. The van der Waals surface area contributed by atoms with Gasteiger partial charge in [-0.15, -0.1) is 11.3 Å². The van der Waals surface area contributed by atoms with Crippen molar-refractivity contribution < 1.29 is 31.6 Å². The van der Waals surface area contributed by atoms with Gasteiger partial charge in [-0.2, -0.15) is 13.1 Å². The first-order valence-electron chi connectivity index (χ1n) is 11.6. The minimum atomic E-state index is -3.97. The zero-order valence-electron chi connectivity index (χ0n) is 19.8. The summed E-state index contributed by atoms with van der Waals surface area (Å²) in [5.41, 5.74) is 2.76. The van der Waals surface area contributed by atoms with Crippen molar-refractivity contribution in [2.24, 2.45) is 0 Å². The third-order valence-electron chi connectivity index (χ3n) is 6.46. The first-order valence-corrected chi connectivity index (χ1v) is 13.9. The highest BCUT2D eigenvalue weighted by Crippen LogP contribution is 2.36. The van der Waals surface area contributed by atoms with Crippen LogP contribution in [0.15, 0.2) is 42.2 Å². The van der Waals surface area contributed by atoms with E-state index in [2.05, 4.69) is 20.0 Å². The van der Waals surface area contributed by atoms with E-state index >= 15 is 0 Å². The molecule has 5 rings (SSSR count). The van der Waals surface area contributed by atoms with Crippen LogP contribution in [0.5, 0.6) is 0 Å². The molecular weight excluding hydrogens is 523 g/mol. The smallest absolute Gasteiger partial charge is 0.335 e. The summed E-state index contributed by atoms with van der Waals surface area (Å²) in [7, 11) is -2.74. The number of nitrogens with one attached hydrogen (secondary N) is 2.